The van der Waals surface area contributed by atoms with E-state index in [4.69, 9.17) is 21.1 Å². The number of rotatable bonds is 6. The lowest BCUT2D eigenvalue weighted by Crippen LogP contribution is -2.15. The zero-order chi connectivity index (χ0) is 19.4. The van der Waals surface area contributed by atoms with Gasteiger partial charge in [-0.1, -0.05) is 17.7 Å². The van der Waals surface area contributed by atoms with Gasteiger partial charge in [0, 0.05) is 23.6 Å². The molecule has 27 heavy (non-hydrogen) atoms. The Morgan fingerprint density at radius 3 is 2.70 bits per heavy atom. The number of benzene rings is 2. The van der Waals surface area contributed by atoms with Gasteiger partial charge in [0.25, 0.3) is 0 Å². The zero-order valence-electron chi connectivity index (χ0n) is 14.9. The average molecular weight is 405 g/mol. The van der Waals surface area contributed by atoms with Crippen molar-refractivity contribution in [1.29, 1.82) is 0 Å². The van der Waals surface area contributed by atoms with E-state index in [0.717, 1.165) is 22.8 Å². The molecule has 3 aromatic rings. The molecular formula is C20H18ClFN2O2S. The van der Waals surface area contributed by atoms with Crippen LogP contribution in [-0.2, 0) is 6.54 Å². The predicted molar refractivity (Wildman–Crippen MR) is 108 cm³/mol. The first-order valence-electron chi connectivity index (χ1n) is 8.08. The minimum absolute atomic E-state index is 0.0703. The maximum Gasteiger partial charge on any atom is 0.190 e. The first-order chi connectivity index (χ1) is 13.1. The smallest absolute Gasteiger partial charge is 0.190 e. The predicted octanol–water partition coefficient (Wildman–Crippen LogP) is 5.44. The fourth-order valence-corrected chi connectivity index (χ4v) is 3.67. The van der Waals surface area contributed by atoms with Crippen LogP contribution in [0.2, 0.25) is 5.02 Å². The van der Waals surface area contributed by atoms with E-state index in [2.05, 4.69) is 11.6 Å². The number of methoxy groups -OCH3 is 2. The lowest BCUT2D eigenvalue weighted by molar-refractivity contribution is 0.404. The molecular weight excluding hydrogens is 387 g/mol. The molecule has 2 aromatic carbocycles. The van der Waals surface area contributed by atoms with Crippen LogP contribution in [0.4, 0.5) is 10.1 Å². The Balaban J connectivity index is 2.18. The number of halogens is 2. The first kappa shape index (κ1) is 19.2. The Labute approximate surface area is 165 Å². The van der Waals surface area contributed by atoms with Crippen molar-refractivity contribution in [2.24, 2.45) is 4.99 Å². The van der Waals surface area contributed by atoms with Crippen LogP contribution in [-0.4, -0.2) is 18.8 Å². The van der Waals surface area contributed by atoms with Crippen molar-refractivity contribution in [3.8, 4) is 22.8 Å². The van der Waals surface area contributed by atoms with Crippen molar-refractivity contribution in [2.45, 2.75) is 6.54 Å². The van der Waals surface area contributed by atoms with Crippen molar-refractivity contribution in [3.05, 3.63) is 70.1 Å². The van der Waals surface area contributed by atoms with E-state index in [1.54, 1.807) is 26.4 Å². The zero-order valence-corrected chi connectivity index (χ0v) is 16.5. The fraction of sp³-hybridized carbons (Fsp3) is 0.150. The SMILES string of the molecule is C=CCn1c(-c2cc(OC)ccc2OC)csc1=Nc1ccc(Cl)c(F)c1. The van der Waals surface area contributed by atoms with Crippen LogP contribution in [0.5, 0.6) is 11.5 Å². The lowest BCUT2D eigenvalue weighted by Gasteiger charge is -2.12. The Bertz CT molecular complexity index is 1040. The largest absolute Gasteiger partial charge is 0.497 e. The van der Waals surface area contributed by atoms with Gasteiger partial charge in [-0.05, 0) is 30.3 Å². The van der Waals surface area contributed by atoms with E-state index in [0.29, 0.717) is 17.0 Å². The summed E-state index contributed by atoms with van der Waals surface area (Å²) in [7, 11) is 3.24. The number of thiazole rings is 1. The van der Waals surface area contributed by atoms with Crippen molar-refractivity contribution < 1.29 is 13.9 Å². The van der Waals surface area contributed by atoms with Crippen LogP contribution in [0.25, 0.3) is 11.3 Å². The van der Waals surface area contributed by atoms with Gasteiger partial charge in [-0.25, -0.2) is 9.38 Å². The highest BCUT2D eigenvalue weighted by atomic mass is 35.5. The van der Waals surface area contributed by atoms with Gasteiger partial charge in [0.15, 0.2) is 4.80 Å². The van der Waals surface area contributed by atoms with Gasteiger partial charge in [0.2, 0.25) is 0 Å². The molecule has 0 saturated heterocycles. The average Bonchev–Trinajstić information content (AvgIpc) is 3.06. The Kier molecular flexibility index (Phi) is 5.98. The van der Waals surface area contributed by atoms with E-state index in [1.165, 1.54) is 23.5 Å². The van der Waals surface area contributed by atoms with Crippen LogP contribution < -0.4 is 14.3 Å². The molecule has 0 spiro atoms. The summed E-state index contributed by atoms with van der Waals surface area (Å²) in [5, 5.41) is 2.05. The van der Waals surface area contributed by atoms with Gasteiger partial charge in [0.05, 0.1) is 30.6 Å². The number of nitrogens with zero attached hydrogens (tertiary/aromatic N) is 2. The maximum atomic E-state index is 13.7. The molecule has 7 heteroatoms. The molecule has 0 N–H and O–H groups in total. The molecule has 0 fully saturated rings. The minimum atomic E-state index is -0.501. The Morgan fingerprint density at radius 2 is 2.04 bits per heavy atom. The van der Waals surface area contributed by atoms with Crippen LogP contribution in [0.3, 0.4) is 0 Å². The second kappa shape index (κ2) is 8.41. The molecule has 140 valence electrons. The number of hydrogen-bond acceptors (Lipinski definition) is 4. The van der Waals surface area contributed by atoms with Crippen molar-refractivity contribution in [1.82, 2.24) is 4.57 Å². The van der Waals surface area contributed by atoms with E-state index < -0.39 is 5.82 Å². The third kappa shape index (κ3) is 4.07. The van der Waals surface area contributed by atoms with Gasteiger partial charge >= 0.3 is 0 Å². The quantitative estimate of drug-likeness (QED) is 0.512. The topological polar surface area (TPSA) is 35.8 Å². The maximum absolute atomic E-state index is 13.7. The molecule has 0 aliphatic heterocycles. The summed E-state index contributed by atoms with van der Waals surface area (Å²) < 4.78 is 26.6. The van der Waals surface area contributed by atoms with E-state index in [1.807, 2.05) is 28.1 Å². The second-order valence-electron chi connectivity index (χ2n) is 5.58. The summed E-state index contributed by atoms with van der Waals surface area (Å²) >= 11 is 7.20. The highest BCUT2D eigenvalue weighted by Gasteiger charge is 2.14. The molecule has 0 aliphatic rings. The molecule has 0 amide bonds. The highest BCUT2D eigenvalue weighted by Crippen LogP contribution is 2.34. The van der Waals surface area contributed by atoms with E-state index >= 15 is 0 Å². The molecule has 0 atom stereocenters. The van der Waals surface area contributed by atoms with E-state index in [-0.39, 0.29) is 5.02 Å². The van der Waals surface area contributed by atoms with Gasteiger partial charge in [-0.3, -0.25) is 0 Å². The Hall–Kier alpha value is -2.57. The third-order valence-electron chi connectivity index (χ3n) is 3.92. The molecule has 4 nitrogen and oxygen atoms in total. The minimum Gasteiger partial charge on any atom is -0.497 e. The normalized spacial score (nSPS) is 11.5. The molecule has 0 unspecified atom stereocenters. The number of hydrogen-bond donors (Lipinski definition) is 0. The highest BCUT2D eigenvalue weighted by molar-refractivity contribution is 7.07. The fourth-order valence-electron chi connectivity index (χ4n) is 2.62. The van der Waals surface area contributed by atoms with Gasteiger partial charge in [-0.15, -0.1) is 17.9 Å². The number of ether oxygens (including phenoxy) is 2. The van der Waals surface area contributed by atoms with Crippen molar-refractivity contribution >= 4 is 28.6 Å². The van der Waals surface area contributed by atoms with Crippen molar-refractivity contribution in [3.63, 3.8) is 0 Å². The molecule has 3 rings (SSSR count). The van der Waals surface area contributed by atoms with Crippen LogP contribution in [0.15, 0.2) is 59.4 Å². The molecule has 1 heterocycles. The lowest BCUT2D eigenvalue weighted by atomic mass is 10.1. The Morgan fingerprint density at radius 1 is 1.22 bits per heavy atom. The van der Waals surface area contributed by atoms with Gasteiger partial charge in [-0.2, -0.15) is 0 Å². The summed E-state index contributed by atoms with van der Waals surface area (Å²) in [6.45, 7) is 4.37. The van der Waals surface area contributed by atoms with Gasteiger partial charge < -0.3 is 14.0 Å². The summed E-state index contributed by atoms with van der Waals surface area (Å²) in [6, 6.07) is 10.1. The first-order valence-corrected chi connectivity index (χ1v) is 9.34. The summed E-state index contributed by atoms with van der Waals surface area (Å²) in [6.07, 6.45) is 1.78. The molecule has 0 bridgehead atoms. The van der Waals surface area contributed by atoms with Crippen LogP contribution in [0.1, 0.15) is 0 Å². The summed E-state index contributed by atoms with van der Waals surface area (Å²) in [5.41, 5.74) is 2.27. The second-order valence-corrected chi connectivity index (χ2v) is 6.82. The molecule has 0 aliphatic carbocycles. The number of allylic oxidation sites excluding steroid dienone is 1. The molecule has 0 saturated carbocycles. The van der Waals surface area contributed by atoms with Crippen LogP contribution >= 0.6 is 22.9 Å². The van der Waals surface area contributed by atoms with Crippen LogP contribution in [0, 0.1) is 5.82 Å². The monoisotopic (exact) mass is 404 g/mol. The number of aromatic nitrogens is 1. The molecule has 0 radical (unpaired) electrons. The van der Waals surface area contributed by atoms with Crippen molar-refractivity contribution in [2.75, 3.05) is 14.2 Å². The third-order valence-corrected chi connectivity index (χ3v) is 5.09. The summed E-state index contributed by atoms with van der Waals surface area (Å²) in [4.78, 5) is 5.27. The standard InChI is InChI=1S/C20H18ClFN2O2S/c1-4-9-24-18(15-11-14(25-2)6-8-19(15)26-3)12-27-20(24)23-13-5-7-16(21)17(22)10-13/h4-8,10-12H,1,9H2,2-3H3. The summed E-state index contributed by atoms with van der Waals surface area (Å²) in [5.74, 6) is 0.940. The van der Waals surface area contributed by atoms with E-state index in [9.17, 15) is 4.39 Å². The van der Waals surface area contributed by atoms with Gasteiger partial charge in [0.1, 0.15) is 17.3 Å². The molecule has 1 aromatic heterocycles.